The molecule has 0 saturated carbocycles. The molecule has 0 aliphatic heterocycles. The van der Waals surface area contributed by atoms with Crippen molar-refractivity contribution in [2.45, 2.75) is 45.4 Å². The number of hydrogen-bond acceptors (Lipinski definition) is 2. The number of rotatable bonds is 4. The second-order valence-electron chi connectivity index (χ2n) is 4.61. The minimum Gasteiger partial charge on any atom is -0.361 e. The van der Waals surface area contributed by atoms with Crippen molar-refractivity contribution in [1.29, 1.82) is 0 Å². The van der Waals surface area contributed by atoms with Crippen LogP contribution in [0.2, 0.25) is 0 Å². The van der Waals surface area contributed by atoms with Crippen LogP contribution < -0.4 is 0 Å². The van der Waals surface area contributed by atoms with E-state index in [1.165, 1.54) is 0 Å². The molecule has 1 rings (SSSR count). The highest BCUT2D eigenvalue weighted by Crippen LogP contribution is 2.23. The molecule has 0 radical (unpaired) electrons. The van der Waals surface area contributed by atoms with Gasteiger partial charge in [0.25, 0.3) is 0 Å². The van der Waals surface area contributed by atoms with Gasteiger partial charge in [-0.25, -0.2) is 0 Å². The van der Waals surface area contributed by atoms with Gasteiger partial charge in [-0.1, -0.05) is 32.0 Å². The summed E-state index contributed by atoms with van der Waals surface area (Å²) in [5, 5.41) is 4.05. The molecule has 0 N–H and O–H groups in total. The van der Waals surface area contributed by atoms with Crippen LogP contribution in [0.4, 0.5) is 0 Å². The van der Waals surface area contributed by atoms with Crippen LogP contribution in [-0.2, 0) is 11.8 Å². The third kappa shape index (κ3) is 3.02. The summed E-state index contributed by atoms with van der Waals surface area (Å²) in [6.07, 6.45) is 5.05. The summed E-state index contributed by atoms with van der Waals surface area (Å²) < 4.78 is 5.28. The van der Waals surface area contributed by atoms with Gasteiger partial charge >= 0.3 is 0 Å². The topological polar surface area (TPSA) is 26.0 Å². The zero-order valence-corrected chi connectivity index (χ0v) is 9.34. The number of aryl methyl sites for hydroxylation is 1. The standard InChI is InChI=1S/C12H19NO/c1-5-6-7-8-10-9-11(14-13-10)12(2,3)4/h5,9H,1,6-8H2,2-4H3. The van der Waals surface area contributed by atoms with E-state index in [0.29, 0.717) is 0 Å². The summed E-state index contributed by atoms with van der Waals surface area (Å²) in [7, 11) is 0. The smallest absolute Gasteiger partial charge is 0.142 e. The van der Waals surface area contributed by atoms with Gasteiger partial charge in [-0.15, -0.1) is 6.58 Å². The maximum Gasteiger partial charge on any atom is 0.142 e. The molecule has 14 heavy (non-hydrogen) atoms. The summed E-state index contributed by atoms with van der Waals surface area (Å²) in [5.41, 5.74) is 1.11. The molecule has 78 valence electrons. The van der Waals surface area contributed by atoms with E-state index in [4.69, 9.17) is 4.52 Å². The van der Waals surface area contributed by atoms with E-state index in [1.54, 1.807) is 0 Å². The lowest BCUT2D eigenvalue weighted by Crippen LogP contribution is -2.09. The minimum atomic E-state index is 0.0592. The quantitative estimate of drug-likeness (QED) is 0.540. The lowest BCUT2D eigenvalue weighted by atomic mass is 9.93. The number of hydrogen-bond donors (Lipinski definition) is 0. The molecule has 2 heteroatoms. The molecule has 0 aliphatic carbocycles. The Kier molecular flexibility index (Phi) is 3.50. The molecule has 0 fully saturated rings. The van der Waals surface area contributed by atoms with Crippen LogP contribution in [0.15, 0.2) is 23.2 Å². The van der Waals surface area contributed by atoms with Crippen LogP contribution in [0, 0.1) is 0 Å². The Balaban J connectivity index is 2.55. The van der Waals surface area contributed by atoms with Crippen molar-refractivity contribution < 1.29 is 4.52 Å². The largest absolute Gasteiger partial charge is 0.361 e. The Morgan fingerprint density at radius 1 is 1.50 bits per heavy atom. The van der Waals surface area contributed by atoms with Gasteiger partial charge in [-0.05, 0) is 19.3 Å². The van der Waals surface area contributed by atoms with Crippen LogP contribution in [0.25, 0.3) is 0 Å². The van der Waals surface area contributed by atoms with Gasteiger partial charge in [0.05, 0.1) is 5.69 Å². The van der Waals surface area contributed by atoms with E-state index in [9.17, 15) is 0 Å². The SMILES string of the molecule is C=CCCCc1cc(C(C)(C)C)on1. The third-order valence-corrected chi connectivity index (χ3v) is 2.14. The first-order valence-electron chi connectivity index (χ1n) is 5.11. The van der Waals surface area contributed by atoms with Crippen molar-refractivity contribution in [3.63, 3.8) is 0 Å². The summed E-state index contributed by atoms with van der Waals surface area (Å²) in [6, 6.07) is 2.06. The minimum absolute atomic E-state index is 0.0592. The van der Waals surface area contributed by atoms with Crippen molar-refractivity contribution in [1.82, 2.24) is 5.16 Å². The molecule has 0 saturated heterocycles. The van der Waals surface area contributed by atoms with Crippen molar-refractivity contribution in [3.05, 3.63) is 30.2 Å². The fourth-order valence-electron chi connectivity index (χ4n) is 1.21. The maximum absolute atomic E-state index is 5.28. The zero-order chi connectivity index (χ0) is 10.6. The molecule has 0 aliphatic rings. The molecule has 0 atom stereocenters. The average Bonchev–Trinajstić information content (AvgIpc) is 2.52. The lowest BCUT2D eigenvalue weighted by molar-refractivity contribution is 0.325. The number of aromatic nitrogens is 1. The zero-order valence-electron chi connectivity index (χ0n) is 9.34. The molecule has 1 heterocycles. The van der Waals surface area contributed by atoms with E-state index >= 15 is 0 Å². The Morgan fingerprint density at radius 3 is 2.71 bits per heavy atom. The van der Waals surface area contributed by atoms with Gasteiger partial charge in [0, 0.05) is 11.5 Å². The van der Waals surface area contributed by atoms with Gasteiger partial charge in [0.2, 0.25) is 0 Å². The second-order valence-corrected chi connectivity index (χ2v) is 4.61. The number of unbranched alkanes of at least 4 members (excludes halogenated alkanes) is 1. The van der Waals surface area contributed by atoms with E-state index < -0.39 is 0 Å². The van der Waals surface area contributed by atoms with Crippen molar-refractivity contribution in [2.24, 2.45) is 0 Å². The monoisotopic (exact) mass is 193 g/mol. The molecular weight excluding hydrogens is 174 g/mol. The molecule has 0 unspecified atom stereocenters. The average molecular weight is 193 g/mol. The molecule has 1 aromatic heterocycles. The van der Waals surface area contributed by atoms with Crippen molar-refractivity contribution >= 4 is 0 Å². The predicted molar refractivity (Wildman–Crippen MR) is 58.3 cm³/mol. The van der Waals surface area contributed by atoms with Gasteiger partial charge in [0.1, 0.15) is 5.76 Å². The first-order chi connectivity index (χ1) is 6.54. The summed E-state index contributed by atoms with van der Waals surface area (Å²) in [5.74, 6) is 0.964. The molecule has 0 amide bonds. The van der Waals surface area contributed by atoms with Crippen LogP contribution >= 0.6 is 0 Å². The van der Waals surface area contributed by atoms with Crippen LogP contribution in [0.3, 0.4) is 0 Å². The molecule has 0 spiro atoms. The van der Waals surface area contributed by atoms with Gasteiger partial charge < -0.3 is 4.52 Å². The van der Waals surface area contributed by atoms with Gasteiger partial charge in [-0.2, -0.15) is 0 Å². The molecule has 2 nitrogen and oxygen atoms in total. The van der Waals surface area contributed by atoms with Crippen LogP contribution in [0.1, 0.15) is 45.1 Å². The van der Waals surface area contributed by atoms with Gasteiger partial charge in [0.15, 0.2) is 0 Å². The highest BCUT2D eigenvalue weighted by atomic mass is 16.5. The number of nitrogens with zero attached hydrogens (tertiary/aromatic N) is 1. The normalized spacial score (nSPS) is 11.6. The van der Waals surface area contributed by atoms with E-state index in [1.807, 2.05) is 6.08 Å². The molecular formula is C12H19NO. The van der Waals surface area contributed by atoms with E-state index in [-0.39, 0.29) is 5.41 Å². The summed E-state index contributed by atoms with van der Waals surface area (Å²) in [4.78, 5) is 0. The Hall–Kier alpha value is -1.05. The Morgan fingerprint density at radius 2 is 2.21 bits per heavy atom. The first-order valence-corrected chi connectivity index (χ1v) is 5.11. The predicted octanol–water partition coefficient (Wildman–Crippen LogP) is 3.48. The Bertz CT molecular complexity index is 294. The fourth-order valence-corrected chi connectivity index (χ4v) is 1.21. The lowest BCUT2D eigenvalue weighted by Gasteiger charge is -2.12. The highest BCUT2D eigenvalue weighted by molar-refractivity contribution is 5.13. The third-order valence-electron chi connectivity index (χ3n) is 2.14. The van der Waals surface area contributed by atoms with Crippen LogP contribution in [-0.4, -0.2) is 5.16 Å². The van der Waals surface area contributed by atoms with Crippen LogP contribution in [0.5, 0.6) is 0 Å². The van der Waals surface area contributed by atoms with Gasteiger partial charge in [-0.3, -0.25) is 0 Å². The van der Waals surface area contributed by atoms with Crippen molar-refractivity contribution in [3.8, 4) is 0 Å². The molecule has 0 bridgehead atoms. The van der Waals surface area contributed by atoms with Crippen molar-refractivity contribution in [2.75, 3.05) is 0 Å². The highest BCUT2D eigenvalue weighted by Gasteiger charge is 2.19. The summed E-state index contributed by atoms with van der Waals surface area (Å²) in [6.45, 7) is 10.1. The summed E-state index contributed by atoms with van der Waals surface area (Å²) >= 11 is 0. The Labute approximate surface area is 86.0 Å². The first kappa shape index (κ1) is 11.0. The maximum atomic E-state index is 5.28. The molecule has 0 aromatic carbocycles. The fraction of sp³-hybridized carbons (Fsp3) is 0.583. The van der Waals surface area contributed by atoms with E-state index in [0.717, 1.165) is 30.7 Å². The second kappa shape index (κ2) is 4.45. The number of allylic oxidation sites excluding steroid dienone is 1. The van der Waals surface area contributed by atoms with E-state index in [2.05, 4.69) is 38.6 Å². The molecule has 1 aromatic rings.